The maximum atomic E-state index is 14.6. The van der Waals surface area contributed by atoms with Crippen LogP contribution in [0.25, 0.3) is 0 Å². The Morgan fingerprint density at radius 2 is 1.96 bits per heavy atom. The average molecular weight is 379 g/mol. The Balaban J connectivity index is 1.79. The number of methoxy groups -OCH3 is 1. The molecular formula is C20H18FN5O2. The monoisotopic (exact) mass is 379 g/mol. The molecule has 0 fully saturated rings. The van der Waals surface area contributed by atoms with Crippen molar-refractivity contribution in [3.8, 4) is 5.75 Å². The second kappa shape index (κ2) is 7.15. The van der Waals surface area contributed by atoms with Crippen LogP contribution in [0, 0.1) is 5.82 Å². The molecule has 8 heteroatoms. The van der Waals surface area contributed by atoms with E-state index in [-0.39, 0.29) is 5.91 Å². The molecule has 0 saturated carbocycles. The van der Waals surface area contributed by atoms with Crippen molar-refractivity contribution < 1.29 is 13.9 Å². The van der Waals surface area contributed by atoms with Gasteiger partial charge in [-0.15, -0.1) is 0 Å². The molecule has 0 aliphatic carbocycles. The second-order valence-electron chi connectivity index (χ2n) is 6.27. The number of aromatic nitrogens is 3. The molecule has 2 N–H and O–H groups in total. The summed E-state index contributed by atoms with van der Waals surface area (Å²) < 4.78 is 21.4. The number of carbonyl (C=O) groups is 1. The molecule has 4 rings (SSSR count). The Bertz CT molecular complexity index is 1080. The molecule has 0 radical (unpaired) electrons. The molecule has 0 saturated heterocycles. The number of rotatable bonds is 4. The third-order valence-electron chi connectivity index (χ3n) is 4.59. The number of allylic oxidation sites excluding steroid dienone is 1. The normalized spacial score (nSPS) is 15.6. The Hall–Kier alpha value is -3.68. The van der Waals surface area contributed by atoms with E-state index < -0.39 is 11.9 Å². The molecule has 142 valence electrons. The van der Waals surface area contributed by atoms with E-state index >= 15 is 0 Å². The number of para-hydroxylation sites is 2. The lowest BCUT2D eigenvalue weighted by molar-refractivity contribution is -0.113. The molecule has 28 heavy (non-hydrogen) atoms. The zero-order chi connectivity index (χ0) is 19.7. The fourth-order valence-electron chi connectivity index (χ4n) is 3.31. The van der Waals surface area contributed by atoms with Gasteiger partial charge in [0.05, 0.1) is 18.4 Å². The van der Waals surface area contributed by atoms with Gasteiger partial charge in [0.2, 0.25) is 5.95 Å². The lowest BCUT2D eigenvalue weighted by Gasteiger charge is -2.29. The van der Waals surface area contributed by atoms with Crippen LogP contribution in [0.2, 0.25) is 0 Å². The van der Waals surface area contributed by atoms with Crippen LogP contribution in [0.3, 0.4) is 0 Å². The van der Waals surface area contributed by atoms with Crippen molar-refractivity contribution in [2.75, 3.05) is 17.7 Å². The van der Waals surface area contributed by atoms with Gasteiger partial charge < -0.3 is 15.4 Å². The van der Waals surface area contributed by atoms with E-state index in [1.54, 1.807) is 43.3 Å². The Labute approximate surface area is 160 Å². The molecule has 0 bridgehead atoms. The van der Waals surface area contributed by atoms with Crippen LogP contribution in [-0.2, 0) is 4.79 Å². The van der Waals surface area contributed by atoms with Crippen molar-refractivity contribution in [2.45, 2.75) is 13.0 Å². The van der Waals surface area contributed by atoms with Gasteiger partial charge in [-0.1, -0.05) is 30.3 Å². The maximum absolute atomic E-state index is 14.6. The molecule has 1 atom stereocenters. The Kier molecular flexibility index (Phi) is 4.52. The number of hydrogen-bond acceptors (Lipinski definition) is 5. The predicted octanol–water partition coefficient (Wildman–Crippen LogP) is 3.35. The standard InChI is InChI=1S/C20H18FN5O2/c1-12-17(19(27)25-15-9-5-6-10-16(15)28-2)18(13-7-3-4-8-14(13)21)26-20(24-12)22-11-23-26/h3-11,18H,1-2H3,(H,25,27)(H,22,23,24)/t18-/m1/s1. The minimum absolute atomic E-state index is 0.334. The first-order valence-corrected chi connectivity index (χ1v) is 8.66. The summed E-state index contributed by atoms with van der Waals surface area (Å²) >= 11 is 0. The highest BCUT2D eigenvalue weighted by atomic mass is 19.1. The van der Waals surface area contributed by atoms with Crippen LogP contribution < -0.4 is 15.4 Å². The summed E-state index contributed by atoms with van der Waals surface area (Å²) in [6.07, 6.45) is 1.37. The number of hydrogen-bond donors (Lipinski definition) is 2. The van der Waals surface area contributed by atoms with Crippen LogP contribution >= 0.6 is 0 Å². The molecular weight excluding hydrogens is 361 g/mol. The molecule has 1 aromatic heterocycles. The van der Waals surface area contributed by atoms with E-state index in [1.807, 2.05) is 6.07 Å². The highest BCUT2D eigenvalue weighted by Gasteiger charge is 2.35. The number of nitrogens with zero attached hydrogens (tertiary/aromatic N) is 3. The van der Waals surface area contributed by atoms with Crippen LogP contribution in [0.15, 0.2) is 66.1 Å². The second-order valence-corrected chi connectivity index (χ2v) is 6.27. The van der Waals surface area contributed by atoms with Gasteiger partial charge in [0.1, 0.15) is 23.9 Å². The Morgan fingerprint density at radius 1 is 1.21 bits per heavy atom. The lowest BCUT2D eigenvalue weighted by Crippen LogP contribution is -2.32. The summed E-state index contributed by atoms with van der Waals surface area (Å²) in [4.78, 5) is 17.4. The summed E-state index contributed by atoms with van der Waals surface area (Å²) in [6.45, 7) is 1.75. The molecule has 2 aromatic carbocycles. The van der Waals surface area contributed by atoms with E-state index in [2.05, 4.69) is 20.7 Å². The molecule has 1 aliphatic rings. The number of benzene rings is 2. The average Bonchev–Trinajstić information content (AvgIpc) is 3.16. The molecule has 7 nitrogen and oxygen atoms in total. The number of anilines is 2. The van der Waals surface area contributed by atoms with Crippen molar-refractivity contribution in [3.63, 3.8) is 0 Å². The highest BCUT2D eigenvalue weighted by molar-refractivity contribution is 6.06. The number of halogens is 1. The molecule has 3 aromatic rings. The molecule has 1 aliphatic heterocycles. The fourth-order valence-corrected chi connectivity index (χ4v) is 3.31. The van der Waals surface area contributed by atoms with Gasteiger partial charge in [-0.25, -0.2) is 9.07 Å². The minimum Gasteiger partial charge on any atom is -0.495 e. The first kappa shape index (κ1) is 17.7. The van der Waals surface area contributed by atoms with E-state index in [1.165, 1.54) is 24.2 Å². The largest absolute Gasteiger partial charge is 0.495 e. The van der Waals surface area contributed by atoms with Gasteiger partial charge in [0.25, 0.3) is 5.91 Å². The topological polar surface area (TPSA) is 81.1 Å². The van der Waals surface area contributed by atoms with E-state index in [0.29, 0.717) is 34.2 Å². The third-order valence-corrected chi connectivity index (χ3v) is 4.59. The minimum atomic E-state index is -0.755. The first-order chi connectivity index (χ1) is 13.6. The van der Waals surface area contributed by atoms with Crippen molar-refractivity contribution in [1.82, 2.24) is 14.8 Å². The van der Waals surface area contributed by atoms with Crippen LogP contribution in [-0.4, -0.2) is 27.8 Å². The number of fused-ring (bicyclic) bond motifs is 1. The van der Waals surface area contributed by atoms with Gasteiger partial charge in [-0.2, -0.15) is 10.1 Å². The van der Waals surface area contributed by atoms with E-state index in [0.717, 1.165) is 0 Å². The zero-order valence-electron chi connectivity index (χ0n) is 15.3. The molecule has 1 amide bonds. The quantitative estimate of drug-likeness (QED) is 0.727. The predicted molar refractivity (Wildman–Crippen MR) is 103 cm³/mol. The van der Waals surface area contributed by atoms with Gasteiger partial charge in [-0.3, -0.25) is 4.79 Å². The lowest BCUT2D eigenvalue weighted by atomic mass is 9.94. The number of nitrogens with one attached hydrogen (secondary N) is 2. The summed E-state index contributed by atoms with van der Waals surface area (Å²) in [7, 11) is 1.53. The summed E-state index contributed by atoms with van der Waals surface area (Å²) in [5, 5.41) is 10.1. The molecule has 0 spiro atoms. The summed E-state index contributed by atoms with van der Waals surface area (Å²) in [6, 6.07) is 12.7. The van der Waals surface area contributed by atoms with E-state index in [4.69, 9.17) is 4.74 Å². The van der Waals surface area contributed by atoms with E-state index in [9.17, 15) is 9.18 Å². The van der Waals surface area contributed by atoms with Crippen molar-refractivity contribution in [1.29, 1.82) is 0 Å². The van der Waals surface area contributed by atoms with Gasteiger partial charge in [-0.05, 0) is 25.1 Å². The first-order valence-electron chi connectivity index (χ1n) is 8.66. The smallest absolute Gasteiger partial charge is 0.255 e. The van der Waals surface area contributed by atoms with Gasteiger partial charge >= 0.3 is 0 Å². The molecule has 2 heterocycles. The van der Waals surface area contributed by atoms with Crippen molar-refractivity contribution in [2.24, 2.45) is 0 Å². The number of ether oxygens (including phenoxy) is 1. The summed E-state index contributed by atoms with van der Waals surface area (Å²) in [5.41, 5.74) is 1.77. The van der Waals surface area contributed by atoms with Gasteiger partial charge in [0, 0.05) is 11.3 Å². The van der Waals surface area contributed by atoms with Crippen molar-refractivity contribution >= 4 is 17.5 Å². The number of carbonyl (C=O) groups excluding carboxylic acids is 1. The van der Waals surface area contributed by atoms with Crippen LogP contribution in [0.4, 0.5) is 16.0 Å². The third kappa shape index (κ3) is 2.98. The van der Waals surface area contributed by atoms with Gasteiger partial charge in [0.15, 0.2) is 0 Å². The highest BCUT2D eigenvalue weighted by Crippen LogP contribution is 2.36. The number of amides is 1. The summed E-state index contributed by atoms with van der Waals surface area (Å²) in [5.74, 6) is 0.163. The SMILES string of the molecule is COc1ccccc1NC(=O)C1=C(C)Nc2ncnn2[C@@H]1c1ccccc1F. The molecule has 0 unspecified atom stereocenters. The van der Waals surface area contributed by atoms with Crippen molar-refractivity contribution in [3.05, 3.63) is 77.5 Å². The zero-order valence-corrected chi connectivity index (χ0v) is 15.3. The fraction of sp³-hybridized carbons (Fsp3) is 0.150. The Morgan fingerprint density at radius 3 is 2.75 bits per heavy atom. The van der Waals surface area contributed by atoms with Crippen LogP contribution in [0.1, 0.15) is 18.5 Å². The van der Waals surface area contributed by atoms with Crippen LogP contribution in [0.5, 0.6) is 5.75 Å². The maximum Gasteiger partial charge on any atom is 0.255 e.